The molecule has 2 aromatic rings. The zero-order chi connectivity index (χ0) is 14.9. The average molecular weight is 273 g/mol. The highest BCUT2D eigenvalue weighted by molar-refractivity contribution is 5.96. The van der Waals surface area contributed by atoms with Crippen LogP contribution in [0.5, 0.6) is 0 Å². The third-order valence-electron chi connectivity index (χ3n) is 3.38. The SMILES string of the molecule is CCN(c1ccccc1C)c1c(C(=O)O)c(C)nn1C. The molecule has 0 fully saturated rings. The van der Waals surface area contributed by atoms with Crippen molar-refractivity contribution in [3.63, 3.8) is 0 Å². The van der Waals surface area contributed by atoms with Crippen molar-refractivity contribution in [3.05, 3.63) is 41.1 Å². The van der Waals surface area contributed by atoms with E-state index in [1.165, 1.54) is 0 Å². The summed E-state index contributed by atoms with van der Waals surface area (Å²) in [5, 5.41) is 13.7. The number of para-hydroxylation sites is 1. The molecule has 0 bridgehead atoms. The Morgan fingerprint density at radius 2 is 2.00 bits per heavy atom. The summed E-state index contributed by atoms with van der Waals surface area (Å²) in [5.41, 5.74) is 2.89. The Hall–Kier alpha value is -2.30. The number of carboxylic acid groups (broad SMARTS) is 1. The first kappa shape index (κ1) is 14.1. The van der Waals surface area contributed by atoms with E-state index in [0.717, 1.165) is 11.3 Å². The minimum atomic E-state index is -0.947. The van der Waals surface area contributed by atoms with Gasteiger partial charge in [0, 0.05) is 19.3 Å². The monoisotopic (exact) mass is 273 g/mol. The fourth-order valence-electron chi connectivity index (χ4n) is 2.51. The lowest BCUT2D eigenvalue weighted by molar-refractivity contribution is 0.0697. The van der Waals surface area contributed by atoms with Gasteiger partial charge in [0.1, 0.15) is 11.4 Å². The number of hydrogen-bond acceptors (Lipinski definition) is 3. The van der Waals surface area contributed by atoms with Crippen molar-refractivity contribution in [1.82, 2.24) is 9.78 Å². The molecule has 0 saturated heterocycles. The molecule has 0 atom stereocenters. The van der Waals surface area contributed by atoms with Crippen LogP contribution in [-0.4, -0.2) is 27.4 Å². The fourth-order valence-corrected chi connectivity index (χ4v) is 2.51. The molecule has 106 valence electrons. The Morgan fingerprint density at radius 3 is 2.55 bits per heavy atom. The van der Waals surface area contributed by atoms with Gasteiger partial charge in [0.15, 0.2) is 0 Å². The van der Waals surface area contributed by atoms with Crippen LogP contribution in [0.4, 0.5) is 11.5 Å². The molecule has 0 radical (unpaired) electrons. The number of hydrogen-bond donors (Lipinski definition) is 1. The van der Waals surface area contributed by atoms with Gasteiger partial charge in [-0.3, -0.25) is 4.68 Å². The summed E-state index contributed by atoms with van der Waals surface area (Å²) in [5.74, 6) is -0.329. The Balaban J connectivity index is 2.65. The molecule has 5 heteroatoms. The van der Waals surface area contributed by atoms with Crippen LogP contribution in [-0.2, 0) is 7.05 Å². The van der Waals surface area contributed by atoms with Gasteiger partial charge in [0.25, 0.3) is 0 Å². The molecule has 0 aliphatic rings. The van der Waals surface area contributed by atoms with Crippen LogP contribution in [0.1, 0.15) is 28.5 Å². The molecular formula is C15H19N3O2. The van der Waals surface area contributed by atoms with E-state index in [1.807, 2.05) is 43.0 Å². The minimum absolute atomic E-state index is 0.262. The molecule has 20 heavy (non-hydrogen) atoms. The molecular weight excluding hydrogens is 254 g/mol. The van der Waals surface area contributed by atoms with E-state index in [4.69, 9.17) is 0 Å². The van der Waals surface area contributed by atoms with Crippen LogP contribution < -0.4 is 4.90 Å². The van der Waals surface area contributed by atoms with E-state index >= 15 is 0 Å². The predicted molar refractivity (Wildman–Crippen MR) is 78.8 cm³/mol. The quantitative estimate of drug-likeness (QED) is 0.930. The largest absolute Gasteiger partial charge is 0.477 e. The molecule has 2 rings (SSSR count). The van der Waals surface area contributed by atoms with Gasteiger partial charge in [-0.2, -0.15) is 5.10 Å². The lowest BCUT2D eigenvalue weighted by Crippen LogP contribution is -2.22. The molecule has 1 aromatic carbocycles. The maximum atomic E-state index is 11.5. The van der Waals surface area contributed by atoms with Crippen LogP contribution in [0.15, 0.2) is 24.3 Å². The number of carboxylic acids is 1. The molecule has 1 aromatic heterocycles. The van der Waals surface area contributed by atoms with Crippen molar-refractivity contribution < 1.29 is 9.90 Å². The molecule has 0 saturated carbocycles. The fraction of sp³-hybridized carbons (Fsp3) is 0.333. The maximum absolute atomic E-state index is 11.5. The van der Waals surface area contributed by atoms with Crippen LogP contribution in [0.3, 0.4) is 0 Å². The molecule has 0 unspecified atom stereocenters. The van der Waals surface area contributed by atoms with Crippen molar-refractivity contribution in [3.8, 4) is 0 Å². The lowest BCUT2D eigenvalue weighted by Gasteiger charge is -2.25. The van der Waals surface area contributed by atoms with Crippen LogP contribution >= 0.6 is 0 Å². The second-order valence-corrected chi connectivity index (χ2v) is 4.74. The van der Waals surface area contributed by atoms with Crippen molar-refractivity contribution in [2.75, 3.05) is 11.4 Å². The molecule has 0 amide bonds. The second-order valence-electron chi connectivity index (χ2n) is 4.74. The minimum Gasteiger partial charge on any atom is -0.477 e. The smallest absolute Gasteiger partial charge is 0.341 e. The third kappa shape index (κ3) is 2.27. The molecule has 0 aliphatic heterocycles. The van der Waals surface area contributed by atoms with E-state index in [0.29, 0.717) is 18.1 Å². The van der Waals surface area contributed by atoms with E-state index in [2.05, 4.69) is 5.10 Å². The van der Waals surface area contributed by atoms with Gasteiger partial charge in [-0.1, -0.05) is 18.2 Å². The molecule has 1 heterocycles. The number of aryl methyl sites for hydroxylation is 3. The maximum Gasteiger partial charge on any atom is 0.341 e. The normalized spacial score (nSPS) is 10.6. The number of rotatable bonds is 4. The van der Waals surface area contributed by atoms with E-state index in [-0.39, 0.29) is 5.56 Å². The summed E-state index contributed by atoms with van der Waals surface area (Å²) in [6.45, 7) is 6.41. The summed E-state index contributed by atoms with van der Waals surface area (Å²) in [4.78, 5) is 13.5. The van der Waals surface area contributed by atoms with Gasteiger partial charge < -0.3 is 10.0 Å². The van der Waals surface area contributed by atoms with Crippen LogP contribution in [0.25, 0.3) is 0 Å². The van der Waals surface area contributed by atoms with Gasteiger partial charge in [-0.05, 0) is 32.4 Å². The highest BCUT2D eigenvalue weighted by atomic mass is 16.4. The van der Waals surface area contributed by atoms with Gasteiger partial charge in [0.2, 0.25) is 0 Å². The molecule has 0 aliphatic carbocycles. The highest BCUT2D eigenvalue weighted by Gasteiger charge is 2.25. The third-order valence-corrected chi connectivity index (χ3v) is 3.38. The van der Waals surface area contributed by atoms with Gasteiger partial charge in [-0.25, -0.2) is 4.79 Å². The first-order chi connectivity index (χ1) is 9.47. The van der Waals surface area contributed by atoms with E-state index in [1.54, 1.807) is 18.7 Å². The van der Waals surface area contributed by atoms with E-state index < -0.39 is 5.97 Å². The Bertz CT molecular complexity index is 647. The highest BCUT2D eigenvalue weighted by Crippen LogP contribution is 2.31. The number of aromatic nitrogens is 2. The van der Waals surface area contributed by atoms with E-state index in [9.17, 15) is 9.90 Å². The summed E-state index contributed by atoms with van der Waals surface area (Å²) in [6, 6.07) is 7.93. The topological polar surface area (TPSA) is 58.4 Å². The zero-order valence-electron chi connectivity index (χ0n) is 12.2. The Labute approximate surface area is 118 Å². The van der Waals surface area contributed by atoms with Gasteiger partial charge in [-0.15, -0.1) is 0 Å². The van der Waals surface area contributed by atoms with Gasteiger partial charge >= 0.3 is 5.97 Å². The predicted octanol–water partition coefficient (Wildman–Crippen LogP) is 2.89. The van der Waals surface area contributed by atoms with Crippen LogP contribution in [0, 0.1) is 13.8 Å². The summed E-state index contributed by atoms with van der Waals surface area (Å²) in [7, 11) is 1.77. The van der Waals surface area contributed by atoms with Gasteiger partial charge in [0.05, 0.1) is 5.69 Å². The number of benzene rings is 1. The Morgan fingerprint density at radius 1 is 1.35 bits per heavy atom. The van der Waals surface area contributed by atoms with Crippen LogP contribution in [0.2, 0.25) is 0 Å². The van der Waals surface area contributed by atoms with Crippen molar-refractivity contribution in [2.24, 2.45) is 7.05 Å². The lowest BCUT2D eigenvalue weighted by atomic mass is 10.1. The average Bonchev–Trinajstić information content (AvgIpc) is 2.68. The number of carbonyl (C=O) groups is 1. The number of nitrogens with zero attached hydrogens (tertiary/aromatic N) is 3. The summed E-state index contributed by atoms with van der Waals surface area (Å²) < 4.78 is 1.63. The molecule has 5 nitrogen and oxygen atoms in total. The summed E-state index contributed by atoms with van der Waals surface area (Å²) >= 11 is 0. The molecule has 1 N–H and O–H groups in total. The number of aromatic carboxylic acids is 1. The zero-order valence-corrected chi connectivity index (χ0v) is 12.2. The molecule has 0 spiro atoms. The van der Waals surface area contributed by atoms with Crippen molar-refractivity contribution in [1.29, 1.82) is 0 Å². The van der Waals surface area contributed by atoms with Crippen molar-refractivity contribution >= 4 is 17.5 Å². The second kappa shape index (κ2) is 5.36. The standard InChI is InChI=1S/C15H19N3O2/c1-5-18(12-9-7-6-8-10(12)2)14-13(15(19)20)11(3)16-17(14)4/h6-9H,5H2,1-4H3,(H,19,20). The number of anilines is 2. The first-order valence-corrected chi connectivity index (χ1v) is 6.57. The van der Waals surface area contributed by atoms with Crippen molar-refractivity contribution in [2.45, 2.75) is 20.8 Å². The summed E-state index contributed by atoms with van der Waals surface area (Å²) in [6.07, 6.45) is 0. The first-order valence-electron chi connectivity index (χ1n) is 6.57. The Kier molecular flexibility index (Phi) is 3.79.